The average molecular weight is 513 g/mol. The first kappa shape index (κ1) is 24.6. The summed E-state index contributed by atoms with van der Waals surface area (Å²) in [6.07, 6.45) is 1.55. The Morgan fingerprint density at radius 1 is 1.09 bits per heavy atom. The van der Waals surface area contributed by atoms with Gasteiger partial charge in [-0.15, -0.1) is 0 Å². The maximum absolute atomic E-state index is 11.0. The number of ether oxygens (including phenoxy) is 2. The average Bonchev–Trinajstić information content (AvgIpc) is 3.23. The van der Waals surface area contributed by atoms with Crippen LogP contribution in [0.1, 0.15) is 47.0 Å². The lowest BCUT2D eigenvalue weighted by molar-refractivity contribution is 0.0697. The van der Waals surface area contributed by atoms with Crippen molar-refractivity contribution in [2.24, 2.45) is 0 Å². The van der Waals surface area contributed by atoms with Gasteiger partial charge < -0.3 is 19.1 Å². The van der Waals surface area contributed by atoms with Crippen LogP contribution in [0.25, 0.3) is 11.3 Å². The highest BCUT2D eigenvalue weighted by Gasteiger charge is 2.24. The summed E-state index contributed by atoms with van der Waals surface area (Å²) in [5, 5.41) is 14.2. The Balaban J connectivity index is 1.54. The minimum Gasteiger partial charge on any atom is -0.487 e. The van der Waals surface area contributed by atoms with E-state index >= 15 is 0 Å². The number of nitrogens with zero attached hydrogens (tertiary/aromatic N) is 2. The molecule has 0 aliphatic rings. The van der Waals surface area contributed by atoms with Crippen molar-refractivity contribution in [3.63, 3.8) is 0 Å². The fraction of sp³-hybridized carbons (Fsp3) is 0.192. The molecule has 4 rings (SSSR count). The van der Waals surface area contributed by atoms with Crippen LogP contribution in [0.4, 0.5) is 0 Å². The summed E-state index contributed by atoms with van der Waals surface area (Å²) in [6, 6.07) is 13.2. The Labute approximate surface area is 212 Å². The molecule has 0 fully saturated rings. The number of carbonyl (C=O) groups is 1. The van der Waals surface area contributed by atoms with E-state index in [2.05, 4.69) is 10.1 Å². The van der Waals surface area contributed by atoms with Crippen LogP contribution in [0, 0.1) is 6.92 Å². The molecular weight excluding hydrogens is 491 g/mol. The lowest BCUT2D eigenvalue weighted by Crippen LogP contribution is -2.02. The normalized spacial score (nSPS) is 11.0. The molecule has 0 radical (unpaired) electrons. The third-order valence-electron chi connectivity index (χ3n) is 5.25. The molecule has 0 aliphatic heterocycles. The van der Waals surface area contributed by atoms with Gasteiger partial charge in [0.2, 0.25) is 5.88 Å². The summed E-state index contributed by atoms with van der Waals surface area (Å²) in [5.74, 6) is 1.15. The maximum Gasteiger partial charge on any atom is 0.335 e. The van der Waals surface area contributed by atoms with Crippen molar-refractivity contribution in [3.8, 4) is 28.6 Å². The second-order valence-corrected chi connectivity index (χ2v) is 8.95. The van der Waals surface area contributed by atoms with Gasteiger partial charge in [0, 0.05) is 17.0 Å². The topological polar surface area (TPSA) is 94.7 Å². The molecule has 0 atom stereocenters. The molecule has 0 unspecified atom stereocenters. The van der Waals surface area contributed by atoms with Crippen LogP contribution in [-0.4, -0.2) is 21.2 Å². The van der Waals surface area contributed by atoms with Crippen molar-refractivity contribution in [2.45, 2.75) is 33.3 Å². The highest BCUT2D eigenvalue weighted by Crippen LogP contribution is 2.39. The number of aromatic carboxylic acids is 1. The first-order chi connectivity index (χ1) is 16.7. The Bertz CT molecular complexity index is 1350. The molecule has 0 saturated heterocycles. The van der Waals surface area contributed by atoms with E-state index in [9.17, 15) is 4.79 Å². The number of benzene rings is 2. The zero-order valence-electron chi connectivity index (χ0n) is 19.2. The summed E-state index contributed by atoms with van der Waals surface area (Å²) in [6.45, 7) is 6.02. The van der Waals surface area contributed by atoms with Crippen molar-refractivity contribution in [1.29, 1.82) is 0 Å². The number of hydrogen-bond donors (Lipinski definition) is 1. The predicted octanol–water partition coefficient (Wildman–Crippen LogP) is 7.54. The van der Waals surface area contributed by atoms with Crippen molar-refractivity contribution in [3.05, 3.63) is 87.2 Å². The van der Waals surface area contributed by atoms with Crippen LogP contribution in [0.2, 0.25) is 10.0 Å². The number of rotatable bonds is 8. The van der Waals surface area contributed by atoms with Gasteiger partial charge in [-0.25, -0.2) is 9.78 Å². The second-order valence-electron chi connectivity index (χ2n) is 8.14. The maximum atomic E-state index is 11.0. The standard InChI is InChI=1S/C26H22Cl2N2O5/c1-14(2)24-19(23(30-35-24)22-20(27)5-4-6-21(22)28)13-33-18-11-15(3)25(29-12-18)34-17-9-7-16(8-10-17)26(31)32/h4-12,14H,13H2,1-3H3,(H,31,32). The van der Waals surface area contributed by atoms with E-state index in [1.54, 1.807) is 42.6 Å². The first-order valence-corrected chi connectivity index (χ1v) is 11.5. The van der Waals surface area contributed by atoms with E-state index in [0.29, 0.717) is 44.4 Å². The Hall–Kier alpha value is -3.55. The van der Waals surface area contributed by atoms with Crippen molar-refractivity contribution < 1.29 is 23.9 Å². The quantitative estimate of drug-likeness (QED) is 0.260. The van der Waals surface area contributed by atoms with E-state index in [4.69, 9.17) is 42.3 Å². The molecule has 0 saturated carbocycles. The molecule has 2 heterocycles. The van der Waals surface area contributed by atoms with Crippen LogP contribution in [-0.2, 0) is 6.61 Å². The summed E-state index contributed by atoms with van der Waals surface area (Å²) in [7, 11) is 0. The minimum absolute atomic E-state index is 0.0688. The number of halogens is 2. The highest BCUT2D eigenvalue weighted by molar-refractivity contribution is 6.39. The number of aromatic nitrogens is 2. The summed E-state index contributed by atoms with van der Waals surface area (Å²) in [5.41, 5.74) is 2.81. The molecule has 2 aromatic carbocycles. The largest absolute Gasteiger partial charge is 0.487 e. The lowest BCUT2D eigenvalue weighted by atomic mass is 10.0. The van der Waals surface area contributed by atoms with E-state index in [-0.39, 0.29) is 18.1 Å². The third-order valence-corrected chi connectivity index (χ3v) is 5.88. The van der Waals surface area contributed by atoms with Crippen molar-refractivity contribution >= 4 is 29.2 Å². The molecular formula is C26H22Cl2N2O5. The first-order valence-electron chi connectivity index (χ1n) is 10.8. The van der Waals surface area contributed by atoms with Gasteiger partial charge in [0.25, 0.3) is 0 Å². The Kier molecular flexibility index (Phi) is 7.28. The Morgan fingerprint density at radius 3 is 2.37 bits per heavy atom. The fourth-order valence-corrected chi connectivity index (χ4v) is 4.07. The smallest absolute Gasteiger partial charge is 0.335 e. The van der Waals surface area contributed by atoms with Gasteiger partial charge in [0.1, 0.15) is 29.6 Å². The number of carboxylic acids is 1. The monoisotopic (exact) mass is 512 g/mol. The minimum atomic E-state index is -0.999. The number of carboxylic acid groups (broad SMARTS) is 1. The van der Waals surface area contributed by atoms with Crippen LogP contribution >= 0.6 is 23.2 Å². The van der Waals surface area contributed by atoms with E-state index in [0.717, 1.165) is 11.1 Å². The van der Waals surface area contributed by atoms with Gasteiger partial charge in [0.05, 0.1) is 27.4 Å². The Morgan fingerprint density at radius 2 is 1.77 bits per heavy atom. The van der Waals surface area contributed by atoms with Gasteiger partial charge in [0.15, 0.2) is 0 Å². The number of pyridine rings is 1. The van der Waals surface area contributed by atoms with Crippen molar-refractivity contribution in [2.75, 3.05) is 0 Å². The van der Waals surface area contributed by atoms with Gasteiger partial charge in [-0.05, 0) is 49.4 Å². The predicted molar refractivity (Wildman–Crippen MR) is 133 cm³/mol. The third kappa shape index (κ3) is 5.42. The zero-order valence-corrected chi connectivity index (χ0v) is 20.7. The van der Waals surface area contributed by atoms with Gasteiger partial charge >= 0.3 is 5.97 Å². The molecule has 0 bridgehead atoms. The molecule has 9 heteroatoms. The second kappa shape index (κ2) is 10.4. The molecule has 0 spiro atoms. The number of hydrogen-bond acceptors (Lipinski definition) is 6. The summed E-state index contributed by atoms with van der Waals surface area (Å²) < 4.78 is 17.5. The fourth-order valence-electron chi connectivity index (χ4n) is 3.49. The number of aryl methyl sites for hydroxylation is 1. The van der Waals surface area contributed by atoms with Crippen LogP contribution < -0.4 is 9.47 Å². The molecule has 2 aromatic heterocycles. The SMILES string of the molecule is Cc1cc(OCc2c(-c3c(Cl)cccc3Cl)noc2C(C)C)cnc1Oc1ccc(C(=O)O)cc1. The van der Waals surface area contributed by atoms with Gasteiger partial charge in [-0.3, -0.25) is 0 Å². The molecule has 180 valence electrons. The van der Waals surface area contributed by atoms with E-state index in [1.165, 1.54) is 12.1 Å². The molecule has 35 heavy (non-hydrogen) atoms. The molecule has 7 nitrogen and oxygen atoms in total. The van der Waals surface area contributed by atoms with Crippen LogP contribution in [0.5, 0.6) is 17.4 Å². The van der Waals surface area contributed by atoms with E-state index < -0.39 is 5.97 Å². The van der Waals surface area contributed by atoms with Crippen molar-refractivity contribution in [1.82, 2.24) is 10.1 Å². The molecule has 1 N–H and O–H groups in total. The van der Waals surface area contributed by atoms with Gasteiger partial charge in [-0.2, -0.15) is 0 Å². The van der Waals surface area contributed by atoms with E-state index in [1.807, 2.05) is 20.8 Å². The van der Waals surface area contributed by atoms with Crippen LogP contribution in [0.15, 0.2) is 59.3 Å². The van der Waals surface area contributed by atoms with Crippen LogP contribution in [0.3, 0.4) is 0 Å². The lowest BCUT2D eigenvalue weighted by Gasteiger charge is -2.12. The molecule has 4 aromatic rings. The zero-order chi connectivity index (χ0) is 25.1. The summed E-state index contributed by atoms with van der Waals surface area (Å²) >= 11 is 12.8. The molecule has 0 aliphatic carbocycles. The highest BCUT2D eigenvalue weighted by atomic mass is 35.5. The molecule has 0 amide bonds. The van der Waals surface area contributed by atoms with Gasteiger partial charge in [-0.1, -0.05) is 48.3 Å². The summed E-state index contributed by atoms with van der Waals surface area (Å²) in [4.78, 5) is 15.4.